The van der Waals surface area contributed by atoms with Crippen molar-refractivity contribution in [1.29, 1.82) is 0 Å². The molecule has 1 N–H and O–H groups in total. The number of ether oxygens (including phenoxy) is 1. The molecule has 20 heavy (non-hydrogen) atoms. The number of carbonyl (C=O) groups is 1. The Morgan fingerprint density at radius 2 is 1.85 bits per heavy atom. The molecule has 1 amide bonds. The van der Waals surface area contributed by atoms with Gasteiger partial charge >= 0.3 is 6.09 Å². The largest absolute Gasteiger partial charge is 0.444 e. The molecular weight excluding hydrogens is 252 g/mol. The molecule has 0 aromatic carbocycles. The summed E-state index contributed by atoms with van der Waals surface area (Å²) >= 11 is 0. The number of carbonyl (C=O) groups excluding carboxylic acids is 1. The van der Waals surface area contributed by atoms with E-state index < -0.39 is 5.60 Å². The van der Waals surface area contributed by atoms with Crippen LogP contribution in [-0.2, 0) is 4.74 Å². The van der Waals surface area contributed by atoms with Crippen LogP contribution in [0.25, 0.3) is 0 Å². The molecule has 0 aliphatic carbocycles. The van der Waals surface area contributed by atoms with Crippen LogP contribution in [0.1, 0.15) is 61.3 Å². The van der Waals surface area contributed by atoms with E-state index in [1.54, 1.807) is 4.90 Å². The van der Waals surface area contributed by atoms with Crippen molar-refractivity contribution in [2.45, 2.75) is 73.0 Å². The van der Waals surface area contributed by atoms with E-state index in [9.17, 15) is 4.79 Å². The Morgan fingerprint density at radius 1 is 1.25 bits per heavy atom. The van der Waals surface area contributed by atoms with E-state index in [0.29, 0.717) is 18.5 Å². The van der Waals surface area contributed by atoms with Crippen LogP contribution in [0.2, 0.25) is 0 Å². The molecule has 4 nitrogen and oxygen atoms in total. The summed E-state index contributed by atoms with van der Waals surface area (Å²) in [5, 5.41) is 3.50. The average molecular weight is 286 g/mol. The summed E-state index contributed by atoms with van der Waals surface area (Å²) < 4.78 is 5.39. The van der Waals surface area contributed by atoms with Gasteiger partial charge in [-0.2, -0.15) is 0 Å². The molecule has 0 aromatic heterocycles. The van der Waals surface area contributed by atoms with Gasteiger partial charge in [0.1, 0.15) is 5.60 Å². The summed E-state index contributed by atoms with van der Waals surface area (Å²) in [6, 6.07) is 0.534. The minimum atomic E-state index is -0.422. The minimum Gasteiger partial charge on any atom is -0.444 e. The SMILES string of the molecule is CCN(CCCNC(C)CC(C)C)C(=O)OC(C)(C)C. The first kappa shape index (κ1) is 19.2. The molecule has 0 saturated carbocycles. The molecule has 0 heterocycles. The summed E-state index contributed by atoms with van der Waals surface area (Å²) in [4.78, 5) is 13.7. The number of rotatable bonds is 8. The van der Waals surface area contributed by atoms with E-state index in [-0.39, 0.29) is 6.09 Å². The monoisotopic (exact) mass is 286 g/mol. The molecule has 0 fully saturated rings. The lowest BCUT2D eigenvalue weighted by Crippen LogP contribution is -2.38. The second kappa shape index (κ2) is 9.22. The van der Waals surface area contributed by atoms with E-state index in [4.69, 9.17) is 4.74 Å². The standard InChI is InChI=1S/C16H34N2O2/c1-8-18(15(19)20-16(5,6)7)11-9-10-17-14(4)12-13(2)3/h13-14,17H,8-12H2,1-7H3. The summed E-state index contributed by atoms with van der Waals surface area (Å²) in [7, 11) is 0. The van der Waals surface area contributed by atoms with Crippen LogP contribution < -0.4 is 5.32 Å². The van der Waals surface area contributed by atoms with Crippen molar-refractivity contribution in [3.8, 4) is 0 Å². The van der Waals surface area contributed by atoms with Gasteiger partial charge in [-0.25, -0.2) is 4.79 Å². The van der Waals surface area contributed by atoms with E-state index >= 15 is 0 Å². The van der Waals surface area contributed by atoms with Crippen LogP contribution in [0.15, 0.2) is 0 Å². The van der Waals surface area contributed by atoms with Crippen LogP contribution in [0, 0.1) is 5.92 Å². The molecule has 0 bridgehead atoms. The van der Waals surface area contributed by atoms with Gasteiger partial charge < -0.3 is 15.0 Å². The van der Waals surface area contributed by atoms with Crippen LogP contribution >= 0.6 is 0 Å². The molecule has 4 heteroatoms. The molecule has 0 radical (unpaired) electrons. The third-order valence-electron chi connectivity index (χ3n) is 2.96. The van der Waals surface area contributed by atoms with E-state index in [0.717, 1.165) is 19.5 Å². The van der Waals surface area contributed by atoms with Crippen molar-refractivity contribution >= 4 is 6.09 Å². The lowest BCUT2D eigenvalue weighted by Gasteiger charge is -2.26. The summed E-state index contributed by atoms with van der Waals surface area (Å²) in [5.41, 5.74) is -0.422. The molecule has 0 aliphatic rings. The fraction of sp³-hybridized carbons (Fsp3) is 0.938. The topological polar surface area (TPSA) is 41.6 Å². The zero-order chi connectivity index (χ0) is 15.8. The Kier molecular flexibility index (Phi) is 8.86. The maximum Gasteiger partial charge on any atom is 0.410 e. The highest BCUT2D eigenvalue weighted by Crippen LogP contribution is 2.10. The second-order valence-corrected chi connectivity index (χ2v) is 6.90. The van der Waals surface area contributed by atoms with Crippen LogP contribution in [-0.4, -0.2) is 42.3 Å². The molecule has 0 aromatic rings. The van der Waals surface area contributed by atoms with Crippen LogP contribution in [0.3, 0.4) is 0 Å². The fourth-order valence-corrected chi connectivity index (χ4v) is 2.11. The van der Waals surface area contributed by atoms with Gasteiger partial charge in [-0.3, -0.25) is 0 Å². The van der Waals surface area contributed by atoms with E-state index in [1.165, 1.54) is 6.42 Å². The molecule has 1 atom stereocenters. The second-order valence-electron chi connectivity index (χ2n) is 6.90. The van der Waals surface area contributed by atoms with Gasteiger partial charge in [-0.15, -0.1) is 0 Å². The van der Waals surface area contributed by atoms with Gasteiger partial charge in [0.2, 0.25) is 0 Å². The van der Waals surface area contributed by atoms with Gasteiger partial charge in [-0.1, -0.05) is 13.8 Å². The fourth-order valence-electron chi connectivity index (χ4n) is 2.11. The highest BCUT2D eigenvalue weighted by atomic mass is 16.6. The maximum absolute atomic E-state index is 11.9. The smallest absolute Gasteiger partial charge is 0.410 e. The van der Waals surface area contributed by atoms with Gasteiger partial charge in [0.15, 0.2) is 0 Å². The Labute approximate surface area is 125 Å². The van der Waals surface area contributed by atoms with Crippen molar-refractivity contribution in [2.75, 3.05) is 19.6 Å². The predicted octanol–water partition coefficient (Wildman–Crippen LogP) is 3.66. The first-order valence-corrected chi connectivity index (χ1v) is 7.87. The maximum atomic E-state index is 11.9. The highest BCUT2D eigenvalue weighted by Gasteiger charge is 2.20. The number of nitrogens with zero attached hydrogens (tertiary/aromatic N) is 1. The van der Waals surface area contributed by atoms with Crippen LogP contribution in [0.4, 0.5) is 4.79 Å². The van der Waals surface area contributed by atoms with Crippen molar-refractivity contribution in [1.82, 2.24) is 10.2 Å². The first-order chi connectivity index (χ1) is 9.15. The summed E-state index contributed by atoms with van der Waals surface area (Å²) in [6.45, 7) is 16.7. The molecular formula is C16H34N2O2. The van der Waals surface area contributed by atoms with Crippen molar-refractivity contribution in [3.05, 3.63) is 0 Å². The van der Waals surface area contributed by atoms with Gasteiger partial charge in [0, 0.05) is 19.1 Å². The third kappa shape index (κ3) is 10.1. The zero-order valence-electron chi connectivity index (χ0n) is 14.5. The first-order valence-electron chi connectivity index (χ1n) is 7.87. The lowest BCUT2D eigenvalue weighted by atomic mass is 10.1. The Morgan fingerprint density at radius 3 is 2.30 bits per heavy atom. The number of hydrogen-bond acceptors (Lipinski definition) is 3. The van der Waals surface area contributed by atoms with Crippen LogP contribution in [0.5, 0.6) is 0 Å². The number of nitrogens with one attached hydrogen (secondary N) is 1. The summed E-state index contributed by atoms with van der Waals surface area (Å²) in [6.07, 6.45) is 1.93. The highest BCUT2D eigenvalue weighted by molar-refractivity contribution is 5.68. The van der Waals surface area contributed by atoms with Crippen molar-refractivity contribution in [2.24, 2.45) is 5.92 Å². The minimum absolute atomic E-state index is 0.213. The molecule has 0 spiro atoms. The molecule has 1 unspecified atom stereocenters. The molecule has 0 rings (SSSR count). The van der Waals surface area contributed by atoms with Gasteiger partial charge in [0.05, 0.1) is 0 Å². The number of amides is 1. The Bertz CT molecular complexity index is 272. The van der Waals surface area contributed by atoms with E-state index in [1.807, 2.05) is 27.7 Å². The van der Waals surface area contributed by atoms with Crippen molar-refractivity contribution < 1.29 is 9.53 Å². The third-order valence-corrected chi connectivity index (χ3v) is 2.96. The Hall–Kier alpha value is -0.770. The van der Waals surface area contributed by atoms with Gasteiger partial charge in [-0.05, 0) is 59.9 Å². The lowest BCUT2D eigenvalue weighted by molar-refractivity contribution is 0.0258. The quantitative estimate of drug-likeness (QED) is 0.692. The molecule has 0 saturated heterocycles. The molecule has 120 valence electrons. The van der Waals surface area contributed by atoms with Gasteiger partial charge in [0.25, 0.3) is 0 Å². The predicted molar refractivity (Wildman–Crippen MR) is 85.0 cm³/mol. The molecule has 0 aliphatic heterocycles. The average Bonchev–Trinajstić information content (AvgIpc) is 2.25. The van der Waals surface area contributed by atoms with Crippen molar-refractivity contribution in [3.63, 3.8) is 0 Å². The summed E-state index contributed by atoms with van der Waals surface area (Å²) in [5.74, 6) is 0.714. The Balaban J connectivity index is 3.93. The number of hydrogen-bond donors (Lipinski definition) is 1. The zero-order valence-corrected chi connectivity index (χ0v) is 14.5. The normalized spacial score (nSPS) is 13.4. The van der Waals surface area contributed by atoms with E-state index in [2.05, 4.69) is 26.1 Å².